The molecule has 0 amide bonds. The van der Waals surface area contributed by atoms with E-state index in [0.29, 0.717) is 28.9 Å². The highest BCUT2D eigenvalue weighted by Gasteiger charge is 2.33. The molecule has 0 radical (unpaired) electrons. The molecule has 0 aliphatic heterocycles. The topological polar surface area (TPSA) is 80.9 Å². The molecule has 326 valence electrons. The molecule has 0 aliphatic carbocycles. The Balaban J connectivity index is 0.000000317. The molecule has 0 spiro atoms. The van der Waals surface area contributed by atoms with Crippen molar-refractivity contribution in [1.29, 1.82) is 0 Å². The molecule has 0 aromatic heterocycles. The summed E-state index contributed by atoms with van der Waals surface area (Å²) in [6, 6.07) is 16.6. The first-order valence-electron chi connectivity index (χ1n) is 22.3. The van der Waals surface area contributed by atoms with Gasteiger partial charge in [0.25, 0.3) is 0 Å². The van der Waals surface area contributed by atoms with E-state index in [1.54, 1.807) is 0 Å². The van der Waals surface area contributed by atoms with Crippen LogP contribution in [0, 0.1) is 33.6 Å². The van der Waals surface area contributed by atoms with Gasteiger partial charge in [-0.3, -0.25) is 0 Å². The van der Waals surface area contributed by atoms with Gasteiger partial charge in [0.05, 0.1) is 0 Å². The maximum atomic E-state index is 10.5. The summed E-state index contributed by atoms with van der Waals surface area (Å²) < 4.78 is 0. The average molecular weight is 807 g/mol. The molecule has 4 nitrogen and oxygen atoms in total. The number of hydrogen-bond donors (Lipinski definition) is 4. The second-order valence-corrected chi connectivity index (χ2v) is 22.0. The molecule has 0 atom stereocenters. The minimum absolute atomic E-state index is 0.0734. The lowest BCUT2D eigenvalue weighted by atomic mass is 9.70. The van der Waals surface area contributed by atoms with Gasteiger partial charge in [0.1, 0.15) is 23.0 Å². The van der Waals surface area contributed by atoms with E-state index in [1.165, 1.54) is 70.2 Å². The van der Waals surface area contributed by atoms with E-state index in [-0.39, 0.29) is 33.5 Å². The van der Waals surface area contributed by atoms with E-state index in [9.17, 15) is 20.4 Å². The molecule has 4 rings (SSSR count). The lowest BCUT2D eigenvalue weighted by Gasteiger charge is -2.34. The van der Waals surface area contributed by atoms with Gasteiger partial charge in [-0.1, -0.05) is 154 Å². The van der Waals surface area contributed by atoms with Crippen molar-refractivity contribution in [2.75, 3.05) is 0 Å². The van der Waals surface area contributed by atoms with Crippen LogP contribution in [0.4, 0.5) is 0 Å². The number of hydrogen-bond acceptors (Lipinski definition) is 4. The van der Waals surface area contributed by atoms with Crippen LogP contribution in [0.15, 0.2) is 48.5 Å². The molecule has 0 fully saturated rings. The smallest absolute Gasteiger partial charge is 0.118 e. The van der Waals surface area contributed by atoms with Crippen molar-refractivity contribution in [3.63, 3.8) is 0 Å². The van der Waals surface area contributed by atoms with Crippen LogP contribution in [0.25, 0.3) is 0 Å². The van der Waals surface area contributed by atoms with Gasteiger partial charge in [-0.05, 0) is 153 Å². The number of aryl methyl sites for hydroxylation is 4. The van der Waals surface area contributed by atoms with Crippen molar-refractivity contribution in [2.24, 2.45) is 5.92 Å². The van der Waals surface area contributed by atoms with Crippen molar-refractivity contribution in [3.8, 4) is 23.0 Å². The van der Waals surface area contributed by atoms with E-state index >= 15 is 0 Å². The minimum atomic E-state index is -0.0818. The third-order valence-corrected chi connectivity index (χ3v) is 12.1. The molecule has 4 heteroatoms. The Morgan fingerprint density at radius 1 is 0.407 bits per heavy atom. The molecule has 59 heavy (non-hydrogen) atoms. The van der Waals surface area contributed by atoms with E-state index in [0.717, 1.165) is 28.7 Å². The van der Waals surface area contributed by atoms with Crippen LogP contribution < -0.4 is 0 Å². The summed E-state index contributed by atoms with van der Waals surface area (Å²) in [7, 11) is 0. The predicted octanol–water partition coefficient (Wildman–Crippen LogP) is 15.5. The number of aromatic hydroxyl groups is 4. The molecular weight excluding hydrogens is 725 g/mol. The molecule has 4 N–H and O–H groups in total. The highest BCUT2D eigenvalue weighted by atomic mass is 16.3. The Labute approximate surface area is 360 Å². The molecular formula is C55H82O4. The summed E-state index contributed by atoms with van der Waals surface area (Å²) in [6.07, 6.45) is 5.96. The van der Waals surface area contributed by atoms with Gasteiger partial charge in [0.15, 0.2) is 0 Å². The second-order valence-electron chi connectivity index (χ2n) is 22.0. The average Bonchev–Trinajstić information content (AvgIpc) is 3.08. The normalized spacial score (nSPS) is 12.7. The third-order valence-electron chi connectivity index (χ3n) is 12.1. The van der Waals surface area contributed by atoms with Gasteiger partial charge >= 0.3 is 0 Å². The van der Waals surface area contributed by atoms with Crippen LogP contribution in [-0.2, 0) is 21.7 Å². The highest BCUT2D eigenvalue weighted by Crippen LogP contribution is 2.47. The largest absolute Gasteiger partial charge is 0.508 e. The van der Waals surface area contributed by atoms with Crippen molar-refractivity contribution in [1.82, 2.24) is 0 Å². The Morgan fingerprint density at radius 3 is 0.932 bits per heavy atom. The zero-order valence-electron chi connectivity index (χ0n) is 40.7. The summed E-state index contributed by atoms with van der Waals surface area (Å²) >= 11 is 0. The van der Waals surface area contributed by atoms with Crippen LogP contribution in [0.3, 0.4) is 0 Å². The van der Waals surface area contributed by atoms with Gasteiger partial charge < -0.3 is 20.4 Å². The monoisotopic (exact) mass is 807 g/mol. The maximum Gasteiger partial charge on any atom is 0.118 e. The van der Waals surface area contributed by atoms with Crippen LogP contribution in [0.5, 0.6) is 23.0 Å². The maximum absolute atomic E-state index is 10.5. The molecule has 4 aromatic carbocycles. The molecule has 0 saturated carbocycles. The number of rotatable bonds is 10. The quantitative estimate of drug-likeness (QED) is 0.120. The van der Waals surface area contributed by atoms with Crippen molar-refractivity contribution in [3.05, 3.63) is 115 Å². The first-order valence-corrected chi connectivity index (χ1v) is 22.3. The summed E-state index contributed by atoms with van der Waals surface area (Å²) in [6.45, 7) is 41.2. The van der Waals surface area contributed by atoms with Gasteiger partial charge in [0.2, 0.25) is 0 Å². The van der Waals surface area contributed by atoms with E-state index < -0.39 is 0 Å². The van der Waals surface area contributed by atoms with Gasteiger partial charge in [-0.25, -0.2) is 0 Å². The van der Waals surface area contributed by atoms with Crippen molar-refractivity contribution >= 4 is 0 Å². The zero-order chi connectivity index (χ0) is 45.2. The Kier molecular flexibility index (Phi) is 15.7. The fourth-order valence-corrected chi connectivity index (χ4v) is 8.70. The molecule has 0 heterocycles. The SMILES string of the molecule is CCCCCCC(c1cc(C)c(O)cc1C(C)(C)C)c1cc(C)c(O)cc1C(C)(C)C.Cc1cc(C(c2cc(C)c(O)cc2C(C)(C)C)C(C)C)c(C(C)(C)C)cc1O. The van der Waals surface area contributed by atoms with Crippen LogP contribution >= 0.6 is 0 Å². The van der Waals surface area contributed by atoms with Crippen molar-refractivity contribution in [2.45, 2.75) is 197 Å². The summed E-state index contributed by atoms with van der Waals surface area (Å²) in [4.78, 5) is 0. The fourth-order valence-electron chi connectivity index (χ4n) is 8.70. The molecule has 0 unspecified atom stereocenters. The highest BCUT2D eigenvalue weighted by molar-refractivity contribution is 5.55. The Hall–Kier alpha value is -3.92. The fraction of sp³-hybridized carbons (Fsp3) is 0.564. The van der Waals surface area contributed by atoms with Crippen LogP contribution in [-0.4, -0.2) is 20.4 Å². The lowest BCUT2D eigenvalue weighted by Crippen LogP contribution is -2.23. The zero-order valence-corrected chi connectivity index (χ0v) is 40.7. The number of phenolic OH excluding ortho intramolecular Hbond substituents is 4. The second kappa shape index (κ2) is 18.8. The van der Waals surface area contributed by atoms with Crippen molar-refractivity contribution < 1.29 is 20.4 Å². The predicted molar refractivity (Wildman–Crippen MR) is 253 cm³/mol. The first-order chi connectivity index (χ1) is 26.9. The minimum Gasteiger partial charge on any atom is -0.508 e. The molecule has 4 aromatic rings. The summed E-state index contributed by atoms with van der Waals surface area (Å²) in [5.41, 5.74) is 13.3. The number of benzene rings is 4. The Bertz CT molecular complexity index is 1910. The first kappa shape index (κ1) is 49.4. The van der Waals surface area contributed by atoms with E-state index in [1.807, 2.05) is 52.0 Å². The number of unbranched alkanes of at least 4 members (excludes halogenated alkanes) is 3. The van der Waals surface area contributed by atoms with Crippen LogP contribution in [0.1, 0.15) is 215 Å². The summed E-state index contributed by atoms with van der Waals surface area (Å²) in [5.74, 6) is 2.24. The molecule has 0 saturated heterocycles. The molecule has 0 bridgehead atoms. The number of phenols is 4. The van der Waals surface area contributed by atoms with Gasteiger partial charge in [0, 0.05) is 11.8 Å². The standard InChI is InChI=1S/C29H44O2.C26H38O2/c1-10-11-12-13-14-21(22-15-19(2)26(30)17-24(22)28(4,5)6)23-16-20(3)27(31)18-25(23)29(7,8)9;1-15(2)24(18-11-16(3)22(27)13-20(18)25(5,6)7)19-12-17(4)23(28)14-21(19)26(8,9)10/h15-18,21,30-31H,10-14H2,1-9H3;11-15,24,27-28H,1-10H3. The van der Waals surface area contributed by atoms with Gasteiger partial charge in [-0.2, -0.15) is 0 Å². The van der Waals surface area contributed by atoms with E-state index in [4.69, 9.17) is 0 Å². The Morgan fingerprint density at radius 2 is 0.678 bits per heavy atom. The third kappa shape index (κ3) is 12.1. The molecule has 0 aliphatic rings. The lowest BCUT2D eigenvalue weighted by molar-refractivity contribution is 0.458. The summed E-state index contributed by atoms with van der Waals surface area (Å²) in [5, 5.41) is 41.9. The van der Waals surface area contributed by atoms with E-state index in [2.05, 4.69) is 128 Å². The van der Waals surface area contributed by atoms with Crippen LogP contribution in [0.2, 0.25) is 0 Å². The van der Waals surface area contributed by atoms with Gasteiger partial charge in [-0.15, -0.1) is 0 Å².